The number of aryl methyl sites for hydroxylation is 1. The first kappa shape index (κ1) is 13.7. The molecule has 3 rings (SSSR count). The smallest absolute Gasteiger partial charge is 0.262 e. The number of hydrogen-bond donors (Lipinski definition) is 1. The van der Waals surface area contributed by atoms with Gasteiger partial charge in [0.25, 0.3) is 5.91 Å². The van der Waals surface area contributed by atoms with E-state index in [9.17, 15) is 4.79 Å². The normalized spacial score (nSPS) is 14.0. The van der Waals surface area contributed by atoms with Gasteiger partial charge in [0.15, 0.2) is 6.61 Å². The van der Waals surface area contributed by atoms with Crippen LogP contribution < -0.4 is 10.1 Å². The summed E-state index contributed by atoms with van der Waals surface area (Å²) in [5.74, 6) is 1.29. The molecule has 5 heteroatoms. The molecule has 1 amide bonds. The molecule has 21 heavy (non-hydrogen) atoms. The zero-order valence-corrected chi connectivity index (χ0v) is 12.1. The Balaban J connectivity index is 1.48. The summed E-state index contributed by atoms with van der Waals surface area (Å²) in [6.07, 6.45) is 6.10. The lowest BCUT2D eigenvalue weighted by Gasteiger charge is -2.06. The fourth-order valence-electron chi connectivity index (χ4n) is 2.14. The zero-order chi connectivity index (χ0) is 14.7. The molecule has 1 aromatic heterocycles. The SMILES string of the molecule is Cc1cccc(OCC(=O)Nc2cnn(CC3CC3)c2)c1. The van der Waals surface area contributed by atoms with Crippen LogP contribution >= 0.6 is 0 Å². The molecule has 110 valence electrons. The number of anilines is 1. The molecule has 1 fully saturated rings. The fourth-order valence-corrected chi connectivity index (χ4v) is 2.14. The average Bonchev–Trinajstić information content (AvgIpc) is 3.16. The minimum Gasteiger partial charge on any atom is -0.484 e. The van der Waals surface area contributed by atoms with Crippen LogP contribution in [0, 0.1) is 12.8 Å². The first-order chi connectivity index (χ1) is 10.2. The van der Waals surface area contributed by atoms with Crippen LogP contribution in [0.3, 0.4) is 0 Å². The third-order valence-electron chi connectivity index (χ3n) is 3.42. The molecule has 0 saturated heterocycles. The third kappa shape index (κ3) is 4.08. The van der Waals surface area contributed by atoms with Crippen LogP contribution in [0.5, 0.6) is 5.75 Å². The van der Waals surface area contributed by atoms with Gasteiger partial charge in [-0.15, -0.1) is 0 Å². The molecule has 1 heterocycles. The van der Waals surface area contributed by atoms with E-state index < -0.39 is 0 Å². The Kier molecular flexibility index (Phi) is 3.90. The topological polar surface area (TPSA) is 56.1 Å². The molecule has 0 atom stereocenters. The second-order valence-corrected chi connectivity index (χ2v) is 5.55. The molecule has 1 N–H and O–H groups in total. The lowest BCUT2D eigenvalue weighted by Crippen LogP contribution is -2.19. The monoisotopic (exact) mass is 285 g/mol. The number of rotatable bonds is 6. The minimum absolute atomic E-state index is 0.00272. The van der Waals surface area contributed by atoms with Gasteiger partial charge < -0.3 is 10.1 Å². The second-order valence-electron chi connectivity index (χ2n) is 5.55. The standard InChI is InChI=1S/C16H19N3O2/c1-12-3-2-4-15(7-12)21-11-16(20)18-14-8-17-19(10-14)9-13-5-6-13/h2-4,7-8,10,13H,5-6,9,11H2,1H3,(H,18,20). The highest BCUT2D eigenvalue weighted by atomic mass is 16.5. The lowest BCUT2D eigenvalue weighted by molar-refractivity contribution is -0.118. The van der Waals surface area contributed by atoms with Gasteiger partial charge in [-0.05, 0) is 43.4 Å². The number of carbonyl (C=O) groups excluding carboxylic acids is 1. The van der Waals surface area contributed by atoms with Crippen LogP contribution in [0.4, 0.5) is 5.69 Å². The van der Waals surface area contributed by atoms with Crippen LogP contribution in [0.25, 0.3) is 0 Å². The molecule has 0 bridgehead atoms. The summed E-state index contributed by atoms with van der Waals surface area (Å²) in [5, 5.41) is 7.03. The summed E-state index contributed by atoms with van der Waals surface area (Å²) in [7, 11) is 0. The summed E-state index contributed by atoms with van der Waals surface area (Å²) in [4.78, 5) is 11.8. The number of benzene rings is 1. The highest BCUT2D eigenvalue weighted by molar-refractivity contribution is 5.91. The molecule has 2 aromatic rings. The van der Waals surface area contributed by atoms with Crippen molar-refractivity contribution >= 4 is 11.6 Å². The van der Waals surface area contributed by atoms with E-state index >= 15 is 0 Å². The van der Waals surface area contributed by atoms with Crippen molar-refractivity contribution in [2.75, 3.05) is 11.9 Å². The van der Waals surface area contributed by atoms with E-state index in [1.165, 1.54) is 12.8 Å². The van der Waals surface area contributed by atoms with E-state index in [1.807, 2.05) is 42.1 Å². The Hall–Kier alpha value is -2.30. The van der Waals surface area contributed by atoms with Crippen LogP contribution in [0.1, 0.15) is 18.4 Å². The molecule has 0 unspecified atom stereocenters. The quantitative estimate of drug-likeness (QED) is 0.887. The van der Waals surface area contributed by atoms with E-state index in [0.29, 0.717) is 11.4 Å². The van der Waals surface area contributed by atoms with Gasteiger partial charge in [0, 0.05) is 12.7 Å². The molecular formula is C16H19N3O2. The highest BCUT2D eigenvalue weighted by Gasteiger charge is 2.22. The molecule has 5 nitrogen and oxygen atoms in total. The van der Waals surface area contributed by atoms with E-state index in [4.69, 9.17) is 4.74 Å². The van der Waals surface area contributed by atoms with Crippen LogP contribution in [0.15, 0.2) is 36.7 Å². The molecule has 1 aliphatic carbocycles. The summed E-state index contributed by atoms with van der Waals surface area (Å²) in [5.41, 5.74) is 1.82. The van der Waals surface area contributed by atoms with Gasteiger partial charge >= 0.3 is 0 Å². The maximum Gasteiger partial charge on any atom is 0.262 e. The van der Waals surface area contributed by atoms with Crippen LogP contribution in [-0.2, 0) is 11.3 Å². The number of nitrogens with zero attached hydrogens (tertiary/aromatic N) is 2. The van der Waals surface area contributed by atoms with Crippen molar-refractivity contribution in [3.05, 3.63) is 42.2 Å². The number of ether oxygens (including phenoxy) is 1. The third-order valence-corrected chi connectivity index (χ3v) is 3.42. The molecular weight excluding hydrogens is 266 g/mol. The first-order valence-corrected chi connectivity index (χ1v) is 7.21. The molecule has 1 aromatic carbocycles. The number of aromatic nitrogens is 2. The van der Waals surface area contributed by atoms with Gasteiger partial charge in [-0.1, -0.05) is 12.1 Å². The van der Waals surface area contributed by atoms with Gasteiger partial charge in [-0.25, -0.2) is 0 Å². The molecule has 0 radical (unpaired) electrons. The predicted molar refractivity (Wildman–Crippen MR) is 80.3 cm³/mol. The molecule has 1 aliphatic rings. The van der Waals surface area contributed by atoms with Gasteiger partial charge in [0.1, 0.15) is 5.75 Å². The van der Waals surface area contributed by atoms with Crippen LogP contribution in [-0.4, -0.2) is 22.3 Å². The lowest BCUT2D eigenvalue weighted by atomic mass is 10.2. The van der Waals surface area contributed by atoms with E-state index in [1.54, 1.807) is 6.20 Å². The zero-order valence-electron chi connectivity index (χ0n) is 12.1. The average molecular weight is 285 g/mol. The van der Waals surface area contributed by atoms with Crippen molar-refractivity contribution in [2.45, 2.75) is 26.3 Å². The van der Waals surface area contributed by atoms with Crippen molar-refractivity contribution in [3.8, 4) is 5.75 Å². The Morgan fingerprint density at radius 3 is 3.10 bits per heavy atom. The summed E-state index contributed by atoms with van der Waals surface area (Å²) in [6.45, 7) is 2.92. The number of amides is 1. The van der Waals surface area contributed by atoms with Crippen molar-refractivity contribution < 1.29 is 9.53 Å². The van der Waals surface area contributed by atoms with Crippen LogP contribution in [0.2, 0.25) is 0 Å². The van der Waals surface area contributed by atoms with Gasteiger partial charge in [0.2, 0.25) is 0 Å². The Bertz CT molecular complexity index is 632. The predicted octanol–water partition coefficient (Wildman–Crippen LogP) is 2.62. The van der Waals surface area contributed by atoms with Gasteiger partial charge in [-0.3, -0.25) is 9.48 Å². The van der Waals surface area contributed by atoms with Gasteiger partial charge in [-0.2, -0.15) is 5.10 Å². The molecule has 1 saturated carbocycles. The fraction of sp³-hybridized carbons (Fsp3) is 0.375. The first-order valence-electron chi connectivity index (χ1n) is 7.21. The Morgan fingerprint density at radius 2 is 2.33 bits per heavy atom. The summed E-state index contributed by atoms with van der Waals surface area (Å²) < 4.78 is 7.35. The van der Waals surface area contributed by atoms with Crippen molar-refractivity contribution in [2.24, 2.45) is 5.92 Å². The second kappa shape index (κ2) is 5.99. The van der Waals surface area contributed by atoms with E-state index in [0.717, 1.165) is 18.0 Å². The largest absolute Gasteiger partial charge is 0.484 e. The molecule has 0 aliphatic heterocycles. The summed E-state index contributed by atoms with van der Waals surface area (Å²) >= 11 is 0. The maximum absolute atomic E-state index is 11.8. The summed E-state index contributed by atoms with van der Waals surface area (Å²) in [6, 6.07) is 7.64. The van der Waals surface area contributed by atoms with Gasteiger partial charge in [0.05, 0.1) is 11.9 Å². The van der Waals surface area contributed by atoms with Crippen molar-refractivity contribution in [3.63, 3.8) is 0 Å². The Labute approximate surface area is 123 Å². The van der Waals surface area contributed by atoms with E-state index in [2.05, 4.69) is 10.4 Å². The van der Waals surface area contributed by atoms with Crippen molar-refractivity contribution in [1.29, 1.82) is 0 Å². The van der Waals surface area contributed by atoms with E-state index in [-0.39, 0.29) is 12.5 Å². The number of carbonyl (C=O) groups is 1. The minimum atomic E-state index is -0.178. The molecule has 0 spiro atoms. The highest BCUT2D eigenvalue weighted by Crippen LogP contribution is 2.30. The number of hydrogen-bond acceptors (Lipinski definition) is 3. The Morgan fingerprint density at radius 1 is 1.48 bits per heavy atom. The number of nitrogens with one attached hydrogen (secondary N) is 1. The van der Waals surface area contributed by atoms with Crippen molar-refractivity contribution in [1.82, 2.24) is 9.78 Å². The maximum atomic E-state index is 11.8.